The first kappa shape index (κ1) is 22.1. The van der Waals surface area contributed by atoms with Crippen LogP contribution in [0.3, 0.4) is 0 Å². The minimum atomic E-state index is -4.63. The molecule has 166 valence electrons. The number of fused-ring (bicyclic) bond motifs is 1. The van der Waals surface area contributed by atoms with E-state index in [1.807, 2.05) is 0 Å². The minimum absolute atomic E-state index is 0.0816. The van der Waals surface area contributed by atoms with E-state index in [1.165, 1.54) is 4.52 Å². The van der Waals surface area contributed by atoms with Crippen LogP contribution in [-0.2, 0) is 15.7 Å². The summed E-state index contributed by atoms with van der Waals surface area (Å²) in [5.41, 5.74) is -1.71. The van der Waals surface area contributed by atoms with E-state index in [2.05, 4.69) is 20.4 Å². The van der Waals surface area contributed by atoms with Gasteiger partial charge >= 0.3 is 12.3 Å². The highest BCUT2D eigenvalue weighted by Crippen LogP contribution is 2.33. The van der Waals surface area contributed by atoms with Gasteiger partial charge in [0.05, 0.1) is 12.1 Å². The Morgan fingerprint density at radius 3 is 2.70 bits per heavy atom. The SMILES string of the molecule is COC1CCN(c2cc(C(F)(F)F)nc3ncnn23)C(CNC(=O)OC(C)(C)C)C1. The number of nitrogens with zero attached hydrogens (tertiary/aromatic N) is 5. The number of carbonyl (C=O) groups excluding carboxylic acids is 1. The van der Waals surface area contributed by atoms with Crippen molar-refractivity contribution in [3.8, 4) is 0 Å². The van der Waals surface area contributed by atoms with Crippen molar-refractivity contribution >= 4 is 17.7 Å². The van der Waals surface area contributed by atoms with Crippen molar-refractivity contribution in [2.45, 2.75) is 57.5 Å². The minimum Gasteiger partial charge on any atom is -0.444 e. The number of methoxy groups -OCH3 is 1. The highest BCUT2D eigenvalue weighted by molar-refractivity contribution is 5.67. The first-order valence-electron chi connectivity index (χ1n) is 9.52. The number of rotatable bonds is 4. The molecule has 0 aromatic carbocycles. The van der Waals surface area contributed by atoms with Gasteiger partial charge in [0.15, 0.2) is 5.69 Å². The molecule has 2 atom stereocenters. The van der Waals surface area contributed by atoms with Gasteiger partial charge in [-0.1, -0.05) is 0 Å². The van der Waals surface area contributed by atoms with Crippen LogP contribution in [0.15, 0.2) is 12.4 Å². The van der Waals surface area contributed by atoms with E-state index in [0.717, 1.165) is 12.4 Å². The lowest BCUT2D eigenvalue weighted by atomic mass is 9.99. The number of alkyl carbamates (subject to hydrolysis) is 1. The third kappa shape index (κ3) is 5.10. The van der Waals surface area contributed by atoms with Crippen LogP contribution in [0.2, 0.25) is 0 Å². The molecule has 0 saturated carbocycles. The number of amides is 1. The Morgan fingerprint density at radius 2 is 2.07 bits per heavy atom. The number of nitrogens with one attached hydrogen (secondary N) is 1. The number of carbonyl (C=O) groups is 1. The molecule has 3 heterocycles. The lowest BCUT2D eigenvalue weighted by Crippen LogP contribution is -2.51. The predicted molar refractivity (Wildman–Crippen MR) is 101 cm³/mol. The summed E-state index contributed by atoms with van der Waals surface area (Å²) in [5.74, 6) is 0.0582. The molecule has 0 radical (unpaired) electrons. The van der Waals surface area contributed by atoms with Gasteiger partial charge in [-0.15, -0.1) is 0 Å². The maximum atomic E-state index is 13.4. The third-order valence-corrected chi connectivity index (χ3v) is 4.70. The standard InChI is InChI=1S/C18H25F3N6O3/c1-17(2,3)30-16(28)22-9-11-7-12(29-4)5-6-26(11)14-8-13(18(19,20)21)25-15-23-10-24-27(14)15/h8,10-12H,5-7,9H2,1-4H3,(H,22,28). The second-order valence-corrected chi connectivity index (χ2v) is 8.08. The van der Waals surface area contributed by atoms with Gasteiger partial charge in [0.2, 0.25) is 0 Å². The monoisotopic (exact) mass is 430 g/mol. The van der Waals surface area contributed by atoms with Crippen molar-refractivity contribution in [2.24, 2.45) is 0 Å². The maximum Gasteiger partial charge on any atom is 0.433 e. The summed E-state index contributed by atoms with van der Waals surface area (Å²) in [6.07, 6.45) is -3.04. The number of aromatic nitrogens is 4. The van der Waals surface area contributed by atoms with Crippen LogP contribution in [-0.4, -0.2) is 63.6 Å². The van der Waals surface area contributed by atoms with Crippen LogP contribution >= 0.6 is 0 Å². The molecule has 1 aliphatic heterocycles. The molecule has 0 bridgehead atoms. The van der Waals surface area contributed by atoms with E-state index < -0.39 is 23.6 Å². The number of alkyl halides is 3. The molecule has 30 heavy (non-hydrogen) atoms. The Morgan fingerprint density at radius 1 is 1.33 bits per heavy atom. The summed E-state index contributed by atoms with van der Waals surface area (Å²) >= 11 is 0. The summed E-state index contributed by atoms with van der Waals surface area (Å²) in [4.78, 5) is 21.2. The molecule has 1 amide bonds. The number of hydrogen-bond donors (Lipinski definition) is 1. The van der Waals surface area contributed by atoms with E-state index >= 15 is 0 Å². The van der Waals surface area contributed by atoms with Crippen LogP contribution in [0.5, 0.6) is 0 Å². The van der Waals surface area contributed by atoms with Crippen molar-refractivity contribution in [1.82, 2.24) is 24.9 Å². The second kappa shape index (κ2) is 8.25. The molecule has 3 rings (SSSR count). The van der Waals surface area contributed by atoms with Crippen LogP contribution < -0.4 is 10.2 Å². The number of piperidine rings is 1. The van der Waals surface area contributed by atoms with Gasteiger partial charge < -0.3 is 19.7 Å². The quantitative estimate of drug-likeness (QED) is 0.797. The summed E-state index contributed by atoms with van der Waals surface area (Å²) in [6.45, 7) is 5.82. The highest BCUT2D eigenvalue weighted by Gasteiger charge is 2.37. The van der Waals surface area contributed by atoms with E-state index in [4.69, 9.17) is 9.47 Å². The molecule has 2 unspecified atom stereocenters. The fraction of sp³-hybridized carbons (Fsp3) is 0.667. The van der Waals surface area contributed by atoms with Crippen molar-refractivity contribution in [3.63, 3.8) is 0 Å². The molecular weight excluding hydrogens is 405 g/mol. The second-order valence-electron chi connectivity index (χ2n) is 8.08. The van der Waals surface area contributed by atoms with E-state index in [0.29, 0.717) is 19.4 Å². The Bertz CT molecular complexity index is 895. The number of ether oxygens (including phenoxy) is 2. The zero-order chi connectivity index (χ0) is 22.1. The number of anilines is 1. The van der Waals surface area contributed by atoms with E-state index in [1.54, 1.807) is 32.8 Å². The summed E-state index contributed by atoms with van der Waals surface area (Å²) in [7, 11) is 1.59. The largest absolute Gasteiger partial charge is 0.444 e. The topological polar surface area (TPSA) is 93.9 Å². The predicted octanol–water partition coefficient (Wildman–Crippen LogP) is 2.65. The average molecular weight is 430 g/mol. The zero-order valence-corrected chi connectivity index (χ0v) is 17.2. The Hall–Kier alpha value is -2.63. The van der Waals surface area contributed by atoms with Gasteiger partial charge in [-0.25, -0.2) is 9.78 Å². The van der Waals surface area contributed by atoms with Gasteiger partial charge in [-0.05, 0) is 33.6 Å². The molecule has 9 nitrogen and oxygen atoms in total. The van der Waals surface area contributed by atoms with Gasteiger partial charge in [-0.3, -0.25) is 0 Å². The Kier molecular flexibility index (Phi) is 6.06. The number of hydrogen-bond acceptors (Lipinski definition) is 7. The lowest BCUT2D eigenvalue weighted by Gasteiger charge is -2.40. The Balaban J connectivity index is 1.90. The molecule has 2 aromatic heterocycles. The molecule has 2 aromatic rings. The van der Waals surface area contributed by atoms with Crippen LogP contribution in [0.25, 0.3) is 5.78 Å². The summed E-state index contributed by atoms with van der Waals surface area (Å²) in [5, 5.41) is 6.72. The third-order valence-electron chi connectivity index (χ3n) is 4.70. The van der Waals surface area contributed by atoms with Gasteiger partial charge in [0, 0.05) is 26.3 Å². The smallest absolute Gasteiger partial charge is 0.433 e. The fourth-order valence-electron chi connectivity index (χ4n) is 3.39. The van der Waals surface area contributed by atoms with Crippen molar-refractivity contribution in [1.29, 1.82) is 0 Å². The van der Waals surface area contributed by atoms with E-state index in [9.17, 15) is 18.0 Å². The normalized spacial score (nSPS) is 20.4. The molecular formula is C18H25F3N6O3. The van der Waals surface area contributed by atoms with E-state index in [-0.39, 0.29) is 30.3 Å². The fourth-order valence-corrected chi connectivity index (χ4v) is 3.39. The summed E-state index contributed by atoms with van der Waals surface area (Å²) in [6, 6.07) is 0.613. The first-order valence-corrected chi connectivity index (χ1v) is 9.52. The molecule has 1 N–H and O–H groups in total. The molecule has 1 fully saturated rings. The zero-order valence-electron chi connectivity index (χ0n) is 17.2. The van der Waals surface area contributed by atoms with Crippen LogP contribution in [0.1, 0.15) is 39.3 Å². The van der Waals surface area contributed by atoms with Crippen LogP contribution in [0, 0.1) is 0 Å². The van der Waals surface area contributed by atoms with Crippen molar-refractivity contribution in [2.75, 3.05) is 25.1 Å². The molecule has 0 aliphatic carbocycles. The molecule has 1 saturated heterocycles. The van der Waals surface area contributed by atoms with Gasteiger partial charge in [0.1, 0.15) is 17.7 Å². The van der Waals surface area contributed by atoms with Gasteiger partial charge in [-0.2, -0.15) is 27.8 Å². The summed E-state index contributed by atoms with van der Waals surface area (Å²) < 4.78 is 52.1. The molecule has 12 heteroatoms. The molecule has 0 spiro atoms. The Labute approximate surface area is 171 Å². The molecule has 1 aliphatic rings. The maximum absolute atomic E-state index is 13.4. The van der Waals surface area contributed by atoms with Crippen LogP contribution in [0.4, 0.5) is 23.8 Å². The van der Waals surface area contributed by atoms with Crippen molar-refractivity contribution in [3.05, 3.63) is 18.1 Å². The van der Waals surface area contributed by atoms with Gasteiger partial charge in [0.25, 0.3) is 5.78 Å². The van der Waals surface area contributed by atoms with Crippen molar-refractivity contribution < 1.29 is 27.4 Å². The average Bonchev–Trinajstić information content (AvgIpc) is 3.12. The number of halogens is 3. The highest BCUT2D eigenvalue weighted by atomic mass is 19.4. The lowest BCUT2D eigenvalue weighted by molar-refractivity contribution is -0.141. The first-order chi connectivity index (χ1) is 14.0.